The Kier molecular flexibility index (Phi) is 5.41. The van der Waals surface area contributed by atoms with Crippen molar-refractivity contribution in [1.82, 2.24) is 5.32 Å². The molecule has 0 amide bonds. The molecular weight excluding hydrogens is 254 g/mol. The third-order valence-electron chi connectivity index (χ3n) is 3.91. The highest BCUT2D eigenvalue weighted by Crippen LogP contribution is 2.24. The number of benzene rings is 1. The zero-order chi connectivity index (χ0) is 14.4. The molecule has 0 aromatic heterocycles. The molecule has 2 rings (SSSR count). The van der Waals surface area contributed by atoms with Gasteiger partial charge in [-0.2, -0.15) is 0 Å². The fraction of sp³-hybridized carbons (Fsp3) is 0.562. The van der Waals surface area contributed by atoms with Gasteiger partial charge in [0.15, 0.2) is 0 Å². The lowest BCUT2D eigenvalue weighted by Crippen LogP contribution is -2.37. The number of nitrogens with one attached hydrogen (secondary N) is 1. The van der Waals surface area contributed by atoms with Crippen LogP contribution in [0.25, 0.3) is 0 Å². The van der Waals surface area contributed by atoms with E-state index in [4.69, 9.17) is 9.47 Å². The van der Waals surface area contributed by atoms with E-state index in [1.54, 1.807) is 0 Å². The molecule has 1 N–H and O–H groups in total. The largest absolute Gasteiger partial charge is 0.493 e. The Morgan fingerprint density at radius 1 is 1.30 bits per heavy atom. The highest BCUT2D eigenvalue weighted by Gasteiger charge is 2.30. The second-order valence-corrected chi connectivity index (χ2v) is 5.34. The van der Waals surface area contributed by atoms with Gasteiger partial charge in [-0.05, 0) is 50.9 Å². The number of carbonyl (C=O) groups excluding carboxylic acids is 1. The maximum absolute atomic E-state index is 12.0. The second-order valence-electron chi connectivity index (χ2n) is 5.34. The summed E-state index contributed by atoms with van der Waals surface area (Å²) < 4.78 is 10.7. The molecule has 0 radical (unpaired) electrons. The summed E-state index contributed by atoms with van der Waals surface area (Å²) in [7, 11) is 1.45. The smallest absolute Gasteiger partial charge is 0.312 e. The third-order valence-corrected chi connectivity index (χ3v) is 3.91. The van der Waals surface area contributed by atoms with Crippen molar-refractivity contribution >= 4 is 5.97 Å². The normalized spacial score (nSPS) is 17.5. The Morgan fingerprint density at radius 2 is 1.95 bits per heavy atom. The molecule has 1 unspecified atom stereocenters. The van der Waals surface area contributed by atoms with Gasteiger partial charge in [-0.15, -0.1) is 0 Å². The molecule has 1 saturated heterocycles. The number of ether oxygens (including phenoxy) is 2. The Bertz CT molecular complexity index is 424. The molecule has 0 bridgehead atoms. The standard InChI is InChI=1S/C16H23NO3/c1-12-3-5-14(6-4-12)20-11-15(16(18)19-2)13-7-9-17-10-8-13/h3-6,13,15,17H,7-11H2,1-2H3. The topological polar surface area (TPSA) is 47.6 Å². The van der Waals surface area contributed by atoms with E-state index >= 15 is 0 Å². The van der Waals surface area contributed by atoms with Crippen LogP contribution in [0.2, 0.25) is 0 Å². The first-order valence-corrected chi connectivity index (χ1v) is 7.18. The van der Waals surface area contributed by atoms with Gasteiger partial charge in [-0.3, -0.25) is 4.79 Å². The van der Waals surface area contributed by atoms with Gasteiger partial charge in [0.25, 0.3) is 0 Å². The first kappa shape index (κ1) is 14.9. The van der Waals surface area contributed by atoms with Crippen LogP contribution in [0.5, 0.6) is 5.75 Å². The van der Waals surface area contributed by atoms with Gasteiger partial charge in [0.2, 0.25) is 0 Å². The van der Waals surface area contributed by atoms with Crippen LogP contribution in [0.1, 0.15) is 18.4 Å². The molecule has 1 atom stereocenters. The molecule has 110 valence electrons. The Hall–Kier alpha value is -1.55. The average molecular weight is 277 g/mol. The summed E-state index contributed by atoms with van der Waals surface area (Å²) in [5, 5.41) is 3.31. The number of rotatable bonds is 5. The van der Waals surface area contributed by atoms with Gasteiger partial charge in [-0.1, -0.05) is 17.7 Å². The van der Waals surface area contributed by atoms with Crippen LogP contribution < -0.4 is 10.1 Å². The summed E-state index contributed by atoms with van der Waals surface area (Å²) in [5.41, 5.74) is 1.19. The van der Waals surface area contributed by atoms with E-state index in [1.165, 1.54) is 12.7 Å². The highest BCUT2D eigenvalue weighted by molar-refractivity contribution is 5.72. The number of hydrogen-bond acceptors (Lipinski definition) is 4. The molecule has 1 aromatic rings. The monoisotopic (exact) mass is 277 g/mol. The number of aryl methyl sites for hydroxylation is 1. The number of piperidine rings is 1. The van der Waals surface area contributed by atoms with Gasteiger partial charge >= 0.3 is 5.97 Å². The minimum Gasteiger partial charge on any atom is -0.493 e. The van der Waals surface area contributed by atoms with Crippen LogP contribution >= 0.6 is 0 Å². The molecule has 1 aromatic carbocycles. The summed E-state index contributed by atoms with van der Waals surface area (Å²) in [5.74, 6) is 0.806. The first-order valence-electron chi connectivity index (χ1n) is 7.18. The van der Waals surface area contributed by atoms with Crippen LogP contribution in [0.4, 0.5) is 0 Å². The summed E-state index contributed by atoms with van der Waals surface area (Å²) in [6, 6.07) is 7.89. The molecular formula is C16H23NO3. The van der Waals surface area contributed by atoms with Gasteiger partial charge in [-0.25, -0.2) is 0 Å². The zero-order valence-electron chi connectivity index (χ0n) is 12.2. The van der Waals surface area contributed by atoms with Crippen molar-refractivity contribution in [2.45, 2.75) is 19.8 Å². The molecule has 0 spiro atoms. The fourth-order valence-corrected chi connectivity index (χ4v) is 2.62. The average Bonchev–Trinajstić information content (AvgIpc) is 2.50. The van der Waals surface area contributed by atoms with E-state index in [0.29, 0.717) is 12.5 Å². The molecule has 0 aliphatic carbocycles. The second kappa shape index (κ2) is 7.29. The van der Waals surface area contributed by atoms with E-state index in [1.807, 2.05) is 31.2 Å². The van der Waals surface area contributed by atoms with Crippen molar-refractivity contribution in [1.29, 1.82) is 0 Å². The SMILES string of the molecule is COC(=O)C(COc1ccc(C)cc1)C1CCNCC1. The van der Waals surface area contributed by atoms with Crippen LogP contribution in [-0.2, 0) is 9.53 Å². The quantitative estimate of drug-likeness (QED) is 0.838. The van der Waals surface area contributed by atoms with E-state index in [-0.39, 0.29) is 11.9 Å². The number of methoxy groups -OCH3 is 1. The minimum absolute atomic E-state index is 0.163. The Labute approximate surface area is 120 Å². The lowest BCUT2D eigenvalue weighted by molar-refractivity contribution is -0.149. The van der Waals surface area contributed by atoms with E-state index in [0.717, 1.165) is 31.7 Å². The molecule has 1 aliphatic rings. The van der Waals surface area contributed by atoms with Gasteiger partial charge in [0.1, 0.15) is 12.4 Å². The summed E-state index contributed by atoms with van der Waals surface area (Å²) in [4.78, 5) is 12.0. The van der Waals surface area contributed by atoms with E-state index in [2.05, 4.69) is 5.32 Å². The van der Waals surface area contributed by atoms with Gasteiger partial charge in [0, 0.05) is 0 Å². The molecule has 1 heterocycles. The van der Waals surface area contributed by atoms with Crippen molar-refractivity contribution in [3.8, 4) is 5.75 Å². The highest BCUT2D eigenvalue weighted by atomic mass is 16.5. The Morgan fingerprint density at radius 3 is 2.55 bits per heavy atom. The summed E-state index contributed by atoms with van der Waals surface area (Å²) >= 11 is 0. The maximum Gasteiger partial charge on any atom is 0.312 e. The van der Waals surface area contributed by atoms with Crippen LogP contribution in [-0.4, -0.2) is 32.8 Å². The molecule has 4 heteroatoms. The van der Waals surface area contributed by atoms with Crippen molar-refractivity contribution < 1.29 is 14.3 Å². The lowest BCUT2D eigenvalue weighted by Gasteiger charge is -2.28. The fourth-order valence-electron chi connectivity index (χ4n) is 2.62. The van der Waals surface area contributed by atoms with Gasteiger partial charge < -0.3 is 14.8 Å². The number of carbonyl (C=O) groups is 1. The van der Waals surface area contributed by atoms with Crippen LogP contribution in [0.15, 0.2) is 24.3 Å². The Balaban J connectivity index is 1.96. The van der Waals surface area contributed by atoms with E-state index in [9.17, 15) is 4.79 Å². The lowest BCUT2D eigenvalue weighted by atomic mass is 9.85. The zero-order valence-corrected chi connectivity index (χ0v) is 12.2. The predicted molar refractivity (Wildman–Crippen MR) is 77.8 cm³/mol. The molecule has 1 aliphatic heterocycles. The predicted octanol–water partition coefficient (Wildman–Crippen LogP) is 2.16. The molecule has 20 heavy (non-hydrogen) atoms. The van der Waals surface area contributed by atoms with Crippen molar-refractivity contribution in [3.63, 3.8) is 0 Å². The van der Waals surface area contributed by atoms with Crippen LogP contribution in [0, 0.1) is 18.8 Å². The number of hydrogen-bond donors (Lipinski definition) is 1. The minimum atomic E-state index is -0.177. The molecule has 0 saturated carbocycles. The summed E-state index contributed by atoms with van der Waals surface area (Å²) in [6.45, 7) is 4.35. The number of esters is 1. The van der Waals surface area contributed by atoms with Crippen LogP contribution in [0.3, 0.4) is 0 Å². The van der Waals surface area contributed by atoms with Crippen molar-refractivity contribution in [2.24, 2.45) is 11.8 Å². The van der Waals surface area contributed by atoms with E-state index < -0.39 is 0 Å². The maximum atomic E-state index is 12.0. The van der Waals surface area contributed by atoms with Crippen molar-refractivity contribution in [2.75, 3.05) is 26.8 Å². The summed E-state index contributed by atoms with van der Waals surface area (Å²) in [6.07, 6.45) is 1.99. The third kappa shape index (κ3) is 3.97. The van der Waals surface area contributed by atoms with Crippen molar-refractivity contribution in [3.05, 3.63) is 29.8 Å². The molecule has 1 fully saturated rings. The van der Waals surface area contributed by atoms with Gasteiger partial charge in [0.05, 0.1) is 13.0 Å². The first-order chi connectivity index (χ1) is 9.70. The molecule has 4 nitrogen and oxygen atoms in total.